The van der Waals surface area contributed by atoms with E-state index in [1.54, 1.807) is 24.0 Å². The van der Waals surface area contributed by atoms with Crippen molar-refractivity contribution in [1.82, 2.24) is 14.8 Å². The Kier molecular flexibility index (Phi) is 6.22. The highest BCUT2D eigenvalue weighted by Gasteiger charge is 2.34. The molecule has 9 heteroatoms. The van der Waals surface area contributed by atoms with Gasteiger partial charge >= 0.3 is 5.97 Å². The molecule has 0 radical (unpaired) electrons. The molecule has 1 unspecified atom stereocenters. The van der Waals surface area contributed by atoms with Crippen LogP contribution in [0.3, 0.4) is 0 Å². The van der Waals surface area contributed by atoms with Gasteiger partial charge in [-0.2, -0.15) is 5.10 Å². The molecule has 1 aliphatic heterocycles. The number of esters is 1. The number of halogens is 2. The van der Waals surface area contributed by atoms with E-state index in [9.17, 15) is 4.79 Å². The van der Waals surface area contributed by atoms with E-state index in [4.69, 9.17) is 33.0 Å². The summed E-state index contributed by atoms with van der Waals surface area (Å²) in [4.78, 5) is 18.6. The Morgan fingerprint density at radius 2 is 2.13 bits per heavy atom. The summed E-state index contributed by atoms with van der Waals surface area (Å²) in [5, 5.41) is 5.89. The number of aromatic nitrogens is 3. The number of ether oxygens (including phenoxy) is 1. The van der Waals surface area contributed by atoms with Gasteiger partial charge in [-0.25, -0.2) is 0 Å². The quantitative estimate of drug-likeness (QED) is 0.527. The minimum absolute atomic E-state index is 0.0851. The van der Waals surface area contributed by atoms with Crippen molar-refractivity contribution in [2.75, 3.05) is 30.9 Å². The van der Waals surface area contributed by atoms with Crippen molar-refractivity contribution in [3.63, 3.8) is 0 Å². The summed E-state index contributed by atoms with van der Waals surface area (Å²) < 4.78 is 6.73. The van der Waals surface area contributed by atoms with Gasteiger partial charge in [-0.15, -0.1) is 11.8 Å². The van der Waals surface area contributed by atoms with Crippen LogP contribution >= 0.6 is 35.0 Å². The second kappa shape index (κ2) is 8.88. The van der Waals surface area contributed by atoms with Gasteiger partial charge in [-0.3, -0.25) is 14.5 Å². The van der Waals surface area contributed by atoms with Gasteiger partial charge in [-0.05, 0) is 29.8 Å². The van der Waals surface area contributed by atoms with Gasteiger partial charge in [-0.1, -0.05) is 35.3 Å². The van der Waals surface area contributed by atoms with Crippen LogP contribution in [-0.4, -0.2) is 46.7 Å². The summed E-state index contributed by atoms with van der Waals surface area (Å²) in [6.45, 7) is 0.821. The van der Waals surface area contributed by atoms with Gasteiger partial charge in [0.2, 0.25) is 0 Å². The number of carbonyl (C=O) groups is 1. The predicted octanol–water partition coefficient (Wildman–Crippen LogP) is 4.60. The van der Waals surface area contributed by atoms with E-state index in [1.807, 2.05) is 47.0 Å². The molecule has 0 spiro atoms. The van der Waals surface area contributed by atoms with E-state index < -0.39 is 0 Å². The van der Waals surface area contributed by atoms with E-state index in [0.29, 0.717) is 16.6 Å². The first kappa shape index (κ1) is 21.0. The van der Waals surface area contributed by atoms with Crippen LogP contribution in [-0.2, 0) is 16.6 Å². The fourth-order valence-corrected chi connectivity index (χ4v) is 5.56. The van der Waals surface area contributed by atoms with Crippen LogP contribution in [0.5, 0.6) is 0 Å². The molecule has 30 heavy (non-hydrogen) atoms. The lowest BCUT2D eigenvalue weighted by Gasteiger charge is -2.23. The lowest BCUT2D eigenvalue weighted by molar-refractivity contribution is -0.138. The number of hydrogen-bond acceptors (Lipinski definition) is 6. The number of carbonyl (C=O) groups excluding carboxylic acids is 1. The normalized spacial score (nSPS) is 16.1. The number of anilines is 1. The van der Waals surface area contributed by atoms with Crippen LogP contribution in [0.1, 0.15) is 16.4 Å². The van der Waals surface area contributed by atoms with Crippen molar-refractivity contribution >= 4 is 46.8 Å². The molecule has 6 nitrogen and oxygen atoms in total. The highest BCUT2D eigenvalue weighted by molar-refractivity contribution is 7.99. The Hall–Kier alpha value is -2.22. The van der Waals surface area contributed by atoms with Crippen LogP contribution in [0.4, 0.5) is 5.82 Å². The number of benzene rings is 1. The zero-order valence-corrected chi connectivity index (χ0v) is 18.8. The molecule has 0 saturated carbocycles. The minimum Gasteiger partial charge on any atom is -0.468 e. The van der Waals surface area contributed by atoms with Crippen molar-refractivity contribution in [2.45, 2.75) is 5.25 Å². The zero-order chi connectivity index (χ0) is 21.3. The molecule has 4 rings (SSSR count). The first-order valence-corrected chi connectivity index (χ1v) is 11.2. The van der Waals surface area contributed by atoms with E-state index in [1.165, 1.54) is 7.11 Å². The molecule has 0 fully saturated rings. The van der Waals surface area contributed by atoms with Crippen LogP contribution < -0.4 is 4.90 Å². The molecule has 2 aromatic heterocycles. The SMILES string of the molecule is COC(=O)CN1CCSC(c2ccc(Cl)cc2Cl)c2c(-c3ccccn3)nn(C)c21. The number of aryl methyl sites for hydroxylation is 1. The number of methoxy groups -OCH3 is 1. The summed E-state index contributed by atoms with van der Waals surface area (Å²) in [5.74, 6) is 1.37. The molecule has 0 bridgehead atoms. The van der Waals surface area contributed by atoms with Crippen molar-refractivity contribution in [3.8, 4) is 11.4 Å². The molecule has 0 amide bonds. The fraction of sp³-hybridized carbons (Fsp3) is 0.286. The van der Waals surface area contributed by atoms with Gasteiger partial charge < -0.3 is 9.64 Å². The first-order chi connectivity index (χ1) is 14.5. The lowest BCUT2D eigenvalue weighted by atomic mass is 10.0. The number of hydrogen-bond donors (Lipinski definition) is 0. The molecular formula is C21H20Cl2N4O2S. The van der Waals surface area contributed by atoms with Crippen LogP contribution in [0, 0.1) is 0 Å². The molecule has 156 valence electrons. The van der Waals surface area contributed by atoms with Crippen molar-refractivity contribution in [1.29, 1.82) is 0 Å². The van der Waals surface area contributed by atoms with Crippen molar-refractivity contribution in [2.24, 2.45) is 7.05 Å². The third kappa shape index (κ3) is 4.02. The Morgan fingerprint density at radius 1 is 1.30 bits per heavy atom. The second-order valence-electron chi connectivity index (χ2n) is 6.84. The number of rotatable bonds is 4. The monoisotopic (exact) mass is 462 g/mol. The van der Waals surface area contributed by atoms with E-state index in [0.717, 1.165) is 34.1 Å². The number of pyridine rings is 1. The van der Waals surface area contributed by atoms with Crippen molar-refractivity contribution in [3.05, 3.63) is 63.8 Å². The van der Waals surface area contributed by atoms with E-state index in [-0.39, 0.29) is 17.8 Å². The molecular weight excluding hydrogens is 443 g/mol. The Labute approximate surface area is 189 Å². The molecule has 1 aliphatic rings. The van der Waals surface area contributed by atoms with Gasteiger partial charge in [0.05, 0.1) is 18.1 Å². The van der Waals surface area contributed by atoms with Gasteiger partial charge in [0.15, 0.2) is 0 Å². The summed E-state index contributed by atoms with van der Waals surface area (Å²) in [6, 6.07) is 11.3. The van der Waals surface area contributed by atoms with Gasteiger partial charge in [0, 0.05) is 41.2 Å². The zero-order valence-electron chi connectivity index (χ0n) is 16.5. The summed E-state index contributed by atoms with van der Waals surface area (Å²) in [5.41, 5.74) is 3.47. The smallest absolute Gasteiger partial charge is 0.325 e. The summed E-state index contributed by atoms with van der Waals surface area (Å²) >= 11 is 14.5. The lowest BCUT2D eigenvalue weighted by Crippen LogP contribution is -2.33. The topological polar surface area (TPSA) is 60.2 Å². The third-order valence-corrected chi connectivity index (χ3v) is 6.76. The summed E-state index contributed by atoms with van der Waals surface area (Å²) in [6.07, 6.45) is 1.75. The van der Waals surface area contributed by atoms with E-state index >= 15 is 0 Å². The largest absolute Gasteiger partial charge is 0.468 e. The Morgan fingerprint density at radius 3 is 2.83 bits per heavy atom. The van der Waals surface area contributed by atoms with Gasteiger partial charge in [0.1, 0.15) is 18.1 Å². The molecule has 0 aliphatic carbocycles. The second-order valence-corrected chi connectivity index (χ2v) is 8.90. The predicted molar refractivity (Wildman–Crippen MR) is 121 cm³/mol. The molecule has 0 saturated heterocycles. The minimum atomic E-state index is -0.297. The highest BCUT2D eigenvalue weighted by Crippen LogP contribution is 2.48. The number of fused-ring (bicyclic) bond motifs is 1. The maximum atomic E-state index is 12.1. The van der Waals surface area contributed by atoms with Crippen LogP contribution in [0.25, 0.3) is 11.4 Å². The molecule has 3 heterocycles. The standard InChI is InChI=1S/C21H20Cl2N4O2S/c1-26-21-18(19(25-26)16-5-3-4-8-24-16)20(14-7-6-13(22)11-15(14)23)30-10-9-27(21)12-17(28)29-2/h3-8,11,20H,9-10,12H2,1-2H3. The molecule has 1 atom stereocenters. The Balaban J connectivity index is 1.92. The van der Waals surface area contributed by atoms with Gasteiger partial charge in [0.25, 0.3) is 0 Å². The first-order valence-electron chi connectivity index (χ1n) is 9.36. The Bertz CT molecular complexity index is 1070. The maximum absolute atomic E-state index is 12.1. The van der Waals surface area contributed by atoms with Crippen LogP contribution in [0.15, 0.2) is 42.6 Å². The fourth-order valence-electron chi connectivity index (χ4n) is 3.64. The molecule has 3 aromatic rings. The average molecular weight is 463 g/mol. The number of nitrogens with zero attached hydrogens (tertiary/aromatic N) is 4. The van der Waals surface area contributed by atoms with E-state index in [2.05, 4.69) is 4.98 Å². The average Bonchev–Trinajstić information content (AvgIpc) is 2.97. The summed E-state index contributed by atoms with van der Waals surface area (Å²) in [7, 11) is 3.28. The van der Waals surface area contributed by atoms with Crippen LogP contribution in [0.2, 0.25) is 10.0 Å². The van der Waals surface area contributed by atoms with Crippen molar-refractivity contribution < 1.29 is 9.53 Å². The molecule has 1 aromatic carbocycles. The number of thioether (sulfide) groups is 1. The molecule has 0 N–H and O–H groups in total. The highest BCUT2D eigenvalue weighted by atomic mass is 35.5. The maximum Gasteiger partial charge on any atom is 0.325 e. The third-order valence-electron chi connectivity index (χ3n) is 4.96.